The Balaban J connectivity index is 1.27. The van der Waals surface area contributed by atoms with Gasteiger partial charge in [0.15, 0.2) is 11.5 Å². The van der Waals surface area contributed by atoms with Gasteiger partial charge >= 0.3 is 6.03 Å². The molecule has 2 fully saturated rings. The third kappa shape index (κ3) is 3.68. The Kier molecular flexibility index (Phi) is 4.85. The van der Waals surface area contributed by atoms with Gasteiger partial charge in [-0.15, -0.1) is 0 Å². The van der Waals surface area contributed by atoms with Gasteiger partial charge in [-0.05, 0) is 12.1 Å². The van der Waals surface area contributed by atoms with E-state index in [1.54, 1.807) is 11.0 Å². The van der Waals surface area contributed by atoms with E-state index < -0.39 is 6.10 Å². The molecule has 144 valence electrons. The quantitative estimate of drug-likeness (QED) is 0.769. The van der Waals surface area contributed by atoms with Gasteiger partial charge in [0, 0.05) is 39.3 Å². The molecule has 1 aromatic rings. The highest BCUT2D eigenvalue weighted by molar-refractivity contribution is 5.96. The summed E-state index contributed by atoms with van der Waals surface area (Å²) in [4.78, 5) is 41.4. The summed E-state index contributed by atoms with van der Waals surface area (Å²) in [7, 11) is 0. The zero-order chi connectivity index (χ0) is 18.8. The Labute approximate surface area is 156 Å². The van der Waals surface area contributed by atoms with Crippen LogP contribution in [0.5, 0.6) is 11.5 Å². The zero-order valence-corrected chi connectivity index (χ0v) is 14.9. The lowest BCUT2D eigenvalue weighted by Gasteiger charge is -2.37. The van der Waals surface area contributed by atoms with Crippen molar-refractivity contribution in [3.8, 4) is 11.5 Å². The number of urea groups is 1. The molecule has 0 unspecified atom stereocenters. The molecule has 9 nitrogen and oxygen atoms in total. The standard InChI is InChI=1S/C18H22N4O5/c23-16(22-6-5-19-18(22)25)11-20-7-9-21(10-8-20)17(24)15-12-26-13-3-1-2-4-14(13)27-15/h1-4,15H,5-12H2,(H,19,25)/t15-/m0/s1. The average Bonchev–Trinajstić information content (AvgIpc) is 3.14. The molecular weight excluding hydrogens is 352 g/mol. The van der Waals surface area contributed by atoms with Crippen LogP contribution in [0.1, 0.15) is 0 Å². The van der Waals surface area contributed by atoms with E-state index in [2.05, 4.69) is 5.32 Å². The third-order valence-corrected chi connectivity index (χ3v) is 4.98. The van der Waals surface area contributed by atoms with Crippen LogP contribution in [0.15, 0.2) is 24.3 Å². The van der Waals surface area contributed by atoms with E-state index in [0.717, 1.165) is 0 Å². The number of fused-ring (bicyclic) bond motifs is 1. The fourth-order valence-corrected chi connectivity index (χ4v) is 3.46. The van der Waals surface area contributed by atoms with Crippen LogP contribution in [-0.2, 0) is 9.59 Å². The zero-order valence-electron chi connectivity index (χ0n) is 14.9. The van der Waals surface area contributed by atoms with Gasteiger partial charge in [-0.25, -0.2) is 4.79 Å². The molecule has 0 aromatic heterocycles. The number of hydrogen-bond acceptors (Lipinski definition) is 6. The minimum absolute atomic E-state index is 0.102. The normalized spacial score (nSPS) is 22.5. The molecule has 1 N–H and O–H groups in total. The maximum Gasteiger partial charge on any atom is 0.324 e. The summed E-state index contributed by atoms with van der Waals surface area (Å²) in [5.74, 6) is 0.922. The van der Waals surface area contributed by atoms with Crippen molar-refractivity contribution in [2.24, 2.45) is 0 Å². The van der Waals surface area contributed by atoms with Crippen LogP contribution in [0.4, 0.5) is 4.79 Å². The number of benzene rings is 1. The number of piperazine rings is 1. The van der Waals surface area contributed by atoms with Crippen LogP contribution in [0, 0.1) is 0 Å². The molecule has 0 aliphatic carbocycles. The Morgan fingerprint density at radius 2 is 1.81 bits per heavy atom. The van der Waals surface area contributed by atoms with Crippen molar-refractivity contribution in [1.82, 2.24) is 20.0 Å². The molecule has 0 saturated carbocycles. The molecule has 0 bridgehead atoms. The maximum atomic E-state index is 12.7. The molecule has 4 amide bonds. The predicted molar refractivity (Wildman–Crippen MR) is 94.5 cm³/mol. The number of nitrogens with zero attached hydrogens (tertiary/aromatic N) is 3. The van der Waals surface area contributed by atoms with Gasteiger partial charge in [0.2, 0.25) is 12.0 Å². The van der Waals surface area contributed by atoms with Gasteiger partial charge in [-0.2, -0.15) is 0 Å². The molecule has 0 spiro atoms. The van der Waals surface area contributed by atoms with Crippen LogP contribution >= 0.6 is 0 Å². The number of ether oxygens (including phenoxy) is 2. The highest BCUT2D eigenvalue weighted by atomic mass is 16.6. The molecule has 2 saturated heterocycles. The van der Waals surface area contributed by atoms with Crippen LogP contribution in [0.25, 0.3) is 0 Å². The second-order valence-electron chi connectivity index (χ2n) is 6.74. The molecule has 1 aromatic carbocycles. The second-order valence-corrected chi connectivity index (χ2v) is 6.74. The molecule has 3 aliphatic rings. The van der Waals surface area contributed by atoms with Gasteiger partial charge in [-0.3, -0.25) is 19.4 Å². The molecule has 1 atom stereocenters. The predicted octanol–water partition coefficient (Wildman–Crippen LogP) is -0.478. The van der Waals surface area contributed by atoms with E-state index in [0.29, 0.717) is 50.8 Å². The smallest absolute Gasteiger partial charge is 0.324 e. The summed E-state index contributed by atoms with van der Waals surface area (Å²) in [5, 5.41) is 2.62. The number of hydrogen-bond donors (Lipinski definition) is 1. The molecular formula is C18H22N4O5. The number of carbonyl (C=O) groups is 3. The molecule has 3 heterocycles. The SMILES string of the molecule is O=C([C@@H]1COc2ccccc2O1)N1CCN(CC(=O)N2CCNC2=O)CC1. The Morgan fingerprint density at radius 3 is 2.52 bits per heavy atom. The first-order chi connectivity index (χ1) is 13.1. The van der Waals surface area contributed by atoms with E-state index in [1.807, 2.05) is 23.1 Å². The number of imide groups is 1. The number of para-hydroxylation sites is 2. The third-order valence-electron chi connectivity index (χ3n) is 4.98. The molecule has 3 aliphatic heterocycles. The topological polar surface area (TPSA) is 91.4 Å². The summed E-state index contributed by atoms with van der Waals surface area (Å²) >= 11 is 0. The minimum Gasteiger partial charge on any atom is -0.485 e. The van der Waals surface area contributed by atoms with Crippen molar-refractivity contribution in [3.05, 3.63) is 24.3 Å². The second kappa shape index (κ2) is 7.43. The molecule has 4 rings (SSSR count). The summed E-state index contributed by atoms with van der Waals surface area (Å²) in [6.45, 7) is 3.48. The fourth-order valence-electron chi connectivity index (χ4n) is 3.46. The van der Waals surface area contributed by atoms with Gasteiger partial charge in [0.1, 0.15) is 6.61 Å². The number of nitrogens with one attached hydrogen (secondary N) is 1. The average molecular weight is 374 g/mol. The largest absolute Gasteiger partial charge is 0.485 e. The van der Waals surface area contributed by atoms with Crippen molar-refractivity contribution in [1.29, 1.82) is 0 Å². The first-order valence-electron chi connectivity index (χ1n) is 9.09. The maximum absolute atomic E-state index is 12.7. The van der Waals surface area contributed by atoms with Crippen molar-refractivity contribution in [2.45, 2.75) is 6.10 Å². The van der Waals surface area contributed by atoms with Crippen molar-refractivity contribution >= 4 is 17.8 Å². The molecule has 9 heteroatoms. The lowest BCUT2D eigenvalue weighted by molar-refractivity contribution is -0.143. The van der Waals surface area contributed by atoms with E-state index in [1.165, 1.54) is 4.90 Å². The van der Waals surface area contributed by atoms with E-state index in [9.17, 15) is 14.4 Å². The Hall–Kier alpha value is -2.81. The number of carbonyl (C=O) groups excluding carboxylic acids is 3. The van der Waals surface area contributed by atoms with E-state index >= 15 is 0 Å². The van der Waals surface area contributed by atoms with Crippen molar-refractivity contribution in [2.75, 3.05) is 52.4 Å². The van der Waals surface area contributed by atoms with Gasteiger partial charge < -0.3 is 19.7 Å². The van der Waals surface area contributed by atoms with Gasteiger partial charge in [0.05, 0.1) is 6.54 Å². The lowest BCUT2D eigenvalue weighted by atomic mass is 10.2. The Bertz CT molecular complexity index is 747. The van der Waals surface area contributed by atoms with Gasteiger partial charge in [0.25, 0.3) is 5.91 Å². The summed E-state index contributed by atoms with van der Waals surface area (Å²) in [6.07, 6.45) is -0.652. The summed E-state index contributed by atoms with van der Waals surface area (Å²) in [5.41, 5.74) is 0. The first kappa shape index (κ1) is 17.6. The van der Waals surface area contributed by atoms with Crippen LogP contribution < -0.4 is 14.8 Å². The Morgan fingerprint density at radius 1 is 1.07 bits per heavy atom. The van der Waals surface area contributed by atoms with Crippen molar-refractivity contribution in [3.63, 3.8) is 0 Å². The fraction of sp³-hybridized carbons (Fsp3) is 0.500. The number of amides is 4. The van der Waals surface area contributed by atoms with Crippen molar-refractivity contribution < 1.29 is 23.9 Å². The van der Waals surface area contributed by atoms with Crippen LogP contribution in [0.3, 0.4) is 0 Å². The molecule has 0 radical (unpaired) electrons. The van der Waals surface area contributed by atoms with Crippen LogP contribution in [-0.4, -0.2) is 91.1 Å². The summed E-state index contributed by atoms with van der Waals surface area (Å²) < 4.78 is 11.4. The lowest BCUT2D eigenvalue weighted by Crippen LogP contribution is -2.55. The highest BCUT2D eigenvalue weighted by Crippen LogP contribution is 2.31. The highest BCUT2D eigenvalue weighted by Gasteiger charge is 2.34. The minimum atomic E-state index is -0.652. The van der Waals surface area contributed by atoms with Crippen LogP contribution in [0.2, 0.25) is 0 Å². The summed E-state index contributed by atoms with van der Waals surface area (Å²) in [6, 6.07) is 6.96. The first-order valence-corrected chi connectivity index (χ1v) is 9.09. The molecule has 27 heavy (non-hydrogen) atoms. The van der Waals surface area contributed by atoms with Gasteiger partial charge in [-0.1, -0.05) is 12.1 Å². The van der Waals surface area contributed by atoms with E-state index in [4.69, 9.17) is 9.47 Å². The van der Waals surface area contributed by atoms with E-state index in [-0.39, 0.29) is 31.0 Å². The monoisotopic (exact) mass is 374 g/mol. The number of rotatable bonds is 3.